The zero-order valence-corrected chi connectivity index (χ0v) is 25.8. The average molecular weight is 602 g/mol. The van der Waals surface area contributed by atoms with Crippen LogP contribution in [-0.2, 0) is 19.1 Å². The largest absolute Gasteiger partial charge is 0.497 e. The van der Waals surface area contributed by atoms with Crippen LogP contribution < -0.4 is 14.8 Å². The lowest BCUT2D eigenvalue weighted by molar-refractivity contribution is -0.149. The van der Waals surface area contributed by atoms with Crippen molar-refractivity contribution in [3.63, 3.8) is 0 Å². The van der Waals surface area contributed by atoms with Crippen molar-refractivity contribution in [2.75, 3.05) is 20.3 Å². The van der Waals surface area contributed by atoms with Crippen molar-refractivity contribution in [2.45, 2.75) is 63.8 Å². The van der Waals surface area contributed by atoms with Crippen LogP contribution >= 0.6 is 0 Å². The first kappa shape index (κ1) is 30.8. The summed E-state index contributed by atoms with van der Waals surface area (Å²) in [5.74, 6) is -0.0360. The minimum Gasteiger partial charge on any atom is -0.497 e. The third kappa shape index (κ3) is 6.34. The number of nitrogens with one attached hydrogen (secondary N) is 1. The molecule has 2 fully saturated rings. The normalized spacial score (nSPS) is 22.7. The topological polar surface area (TPSA) is 116 Å². The molecule has 1 unspecified atom stereocenters. The van der Waals surface area contributed by atoms with Crippen LogP contribution in [0.4, 0.5) is 4.79 Å². The quantitative estimate of drug-likeness (QED) is 0.260. The molecule has 1 saturated carbocycles. The molecule has 232 valence electrons. The highest BCUT2D eigenvalue weighted by Gasteiger charge is 2.62. The molecular formula is C34H39N3O7. The first-order valence-electron chi connectivity index (χ1n) is 14.8. The summed E-state index contributed by atoms with van der Waals surface area (Å²) in [6, 6.07) is 16.2. The van der Waals surface area contributed by atoms with E-state index in [0.29, 0.717) is 29.1 Å². The zero-order chi connectivity index (χ0) is 31.6. The number of hydrogen-bond acceptors (Lipinski definition) is 8. The Balaban J connectivity index is 1.46. The Hall–Kier alpha value is -4.60. The van der Waals surface area contributed by atoms with Crippen LogP contribution in [0.2, 0.25) is 0 Å². The monoisotopic (exact) mass is 601 g/mol. The average Bonchev–Trinajstić information content (AvgIpc) is 3.55. The van der Waals surface area contributed by atoms with E-state index in [1.807, 2.05) is 54.6 Å². The number of likely N-dealkylation sites (tertiary alicyclic amines) is 1. The maximum Gasteiger partial charge on any atom is 0.411 e. The molecule has 5 rings (SSSR count). The van der Waals surface area contributed by atoms with Crippen molar-refractivity contribution in [2.24, 2.45) is 5.92 Å². The second-order valence-electron chi connectivity index (χ2n) is 12.1. The Morgan fingerprint density at radius 1 is 1.14 bits per heavy atom. The summed E-state index contributed by atoms with van der Waals surface area (Å²) in [6.07, 6.45) is 1.01. The molecule has 10 heteroatoms. The van der Waals surface area contributed by atoms with Gasteiger partial charge in [-0.2, -0.15) is 0 Å². The Morgan fingerprint density at radius 3 is 2.52 bits per heavy atom. The molecule has 1 aliphatic heterocycles. The fourth-order valence-corrected chi connectivity index (χ4v) is 5.56. The third-order valence-electron chi connectivity index (χ3n) is 7.82. The SMILES string of the molecule is C=C[C@@H]1C[C@]1(NC(=O)[C@@H]1CC(Oc2cc(-c3ccccc3)nc3cc(OC)ccc23)CN1C(=O)OC(C)(C)C)C(=O)OCC. The smallest absolute Gasteiger partial charge is 0.411 e. The number of amides is 2. The predicted molar refractivity (Wildman–Crippen MR) is 165 cm³/mol. The highest BCUT2D eigenvalue weighted by Crippen LogP contribution is 2.46. The van der Waals surface area contributed by atoms with Gasteiger partial charge < -0.3 is 24.3 Å². The molecule has 1 aliphatic carbocycles. The summed E-state index contributed by atoms with van der Waals surface area (Å²) >= 11 is 0. The van der Waals surface area contributed by atoms with E-state index in [9.17, 15) is 14.4 Å². The minimum atomic E-state index is -1.20. The van der Waals surface area contributed by atoms with Gasteiger partial charge in [-0.3, -0.25) is 9.69 Å². The summed E-state index contributed by atoms with van der Waals surface area (Å²) in [6.45, 7) is 11.1. The van der Waals surface area contributed by atoms with E-state index in [4.69, 9.17) is 23.9 Å². The Bertz CT molecular complexity index is 1570. The van der Waals surface area contributed by atoms with Gasteiger partial charge in [0.05, 0.1) is 31.5 Å². The van der Waals surface area contributed by atoms with E-state index in [-0.39, 0.29) is 25.5 Å². The highest BCUT2D eigenvalue weighted by atomic mass is 16.6. The second-order valence-corrected chi connectivity index (χ2v) is 12.1. The summed E-state index contributed by atoms with van der Waals surface area (Å²) < 4.78 is 22.9. The van der Waals surface area contributed by atoms with Gasteiger partial charge in [-0.25, -0.2) is 14.6 Å². The van der Waals surface area contributed by atoms with Crippen LogP contribution in [0.5, 0.6) is 11.5 Å². The number of esters is 1. The van der Waals surface area contributed by atoms with Crippen molar-refractivity contribution >= 4 is 28.9 Å². The first-order valence-corrected chi connectivity index (χ1v) is 14.8. The maximum atomic E-state index is 13.8. The van der Waals surface area contributed by atoms with Crippen molar-refractivity contribution in [1.29, 1.82) is 0 Å². The standard InChI is InChI=1S/C34H39N3O7/c1-7-22-19-34(22,31(39)42-8-2)36-30(38)28-17-24(20-37(28)32(40)44-33(3,4)5)43-29-18-26(21-12-10-9-11-13-21)35-27-16-23(41-6)14-15-25(27)29/h7,9-16,18,22,24,28H,1,8,17,19-20H2,2-6H3,(H,36,38)/t22-,24?,28+,34-/m1/s1. The summed E-state index contributed by atoms with van der Waals surface area (Å²) in [5, 5.41) is 3.65. The fraction of sp³-hybridized carbons (Fsp3) is 0.412. The number of pyridine rings is 1. The number of benzene rings is 2. The molecule has 2 heterocycles. The van der Waals surface area contributed by atoms with Gasteiger partial charge in [0.1, 0.15) is 34.8 Å². The lowest BCUT2D eigenvalue weighted by Gasteiger charge is -2.28. The summed E-state index contributed by atoms with van der Waals surface area (Å²) in [5.41, 5.74) is 0.319. The number of hydrogen-bond donors (Lipinski definition) is 1. The highest BCUT2D eigenvalue weighted by molar-refractivity contribution is 5.95. The van der Waals surface area contributed by atoms with Crippen molar-refractivity contribution in [3.05, 3.63) is 67.3 Å². The minimum absolute atomic E-state index is 0.102. The fourth-order valence-electron chi connectivity index (χ4n) is 5.56. The first-order chi connectivity index (χ1) is 21.0. The van der Waals surface area contributed by atoms with Gasteiger partial charge in [-0.15, -0.1) is 6.58 Å². The molecule has 0 spiro atoms. The maximum absolute atomic E-state index is 13.8. The summed E-state index contributed by atoms with van der Waals surface area (Å²) in [7, 11) is 1.60. The Labute approximate surface area is 257 Å². The molecule has 3 aromatic rings. The van der Waals surface area contributed by atoms with Gasteiger partial charge in [0.2, 0.25) is 5.91 Å². The lowest BCUT2D eigenvalue weighted by atomic mass is 10.1. The molecule has 44 heavy (non-hydrogen) atoms. The number of carbonyl (C=O) groups is 3. The van der Waals surface area contributed by atoms with Crippen LogP contribution in [0, 0.1) is 5.92 Å². The van der Waals surface area contributed by atoms with E-state index >= 15 is 0 Å². The van der Waals surface area contributed by atoms with Crippen LogP contribution in [0.1, 0.15) is 40.5 Å². The molecule has 10 nitrogen and oxygen atoms in total. The number of nitrogens with zero attached hydrogens (tertiary/aromatic N) is 2. The number of rotatable bonds is 9. The van der Waals surface area contributed by atoms with Gasteiger partial charge in [0, 0.05) is 35.4 Å². The van der Waals surface area contributed by atoms with E-state index in [2.05, 4.69) is 11.9 Å². The molecular weight excluding hydrogens is 562 g/mol. The molecule has 1 N–H and O–H groups in total. The van der Waals surface area contributed by atoms with E-state index < -0.39 is 41.3 Å². The molecule has 2 aromatic carbocycles. The third-order valence-corrected chi connectivity index (χ3v) is 7.82. The van der Waals surface area contributed by atoms with Crippen molar-refractivity contribution < 1.29 is 33.3 Å². The molecule has 2 amide bonds. The molecule has 1 saturated heterocycles. The number of carbonyl (C=O) groups excluding carboxylic acids is 3. The van der Waals surface area contributed by atoms with Gasteiger partial charge >= 0.3 is 12.1 Å². The van der Waals surface area contributed by atoms with Crippen molar-refractivity contribution in [3.8, 4) is 22.8 Å². The summed E-state index contributed by atoms with van der Waals surface area (Å²) in [4.78, 5) is 46.2. The number of methoxy groups -OCH3 is 1. The van der Waals surface area contributed by atoms with Crippen molar-refractivity contribution in [1.82, 2.24) is 15.2 Å². The molecule has 1 aromatic heterocycles. The Kier molecular flexibility index (Phi) is 8.54. The molecule has 2 aliphatic rings. The predicted octanol–water partition coefficient (Wildman–Crippen LogP) is 5.29. The van der Waals surface area contributed by atoms with Crippen LogP contribution in [0.3, 0.4) is 0 Å². The molecule has 0 radical (unpaired) electrons. The van der Waals surface area contributed by atoms with Crippen LogP contribution in [0.25, 0.3) is 22.2 Å². The van der Waals surface area contributed by atoms with Gasteiger partial charge in [0.15, 0.2) is 0 Å². The van der Waals surface area contributed by atoms with E-state index in [1.165, 1.54) is 4.90 Å². The second kappa shape index (κ2) is 12.2. The number of ether oxygens (including phenoxy) is 4. The van der Waals surface area contributed by atoms with E-state index in [0.717, 1.165) is 10.9 Å². The molecule has 4 atom stereocenters. The zero-order valence-electron chi connectivity index (χ0n) is 25.8. The van der Waals surface area contributed by atoms with Gasteiger partial charge in [-0.05, 0) is 46.2 Å². The number of aromatic nitrogens is 1. The molecule has 0 bridgehead atoms. The number of fused-ring (bicyclic) bond motifs is 1. The Morgan fingerprint density at radius 2 is 1.89 bits per heavy atom. The lowest BCUT2D eigenvalue weighted by Crippen LogP contribution is -2.53. The van der Waals surface area contributed by atoms with Gasteiger partial charge in [-0.1, -0.05) is 36.4 Å². The van der Waals surface area contributed by atoms with Crippen LogP contribution in [-0.4, -0.2) is 71.4 Å². The van der Waals surface area contributed by atoms with Gasteiger partial charge in [0.25, 0.3) is 0 Å². The van der Waals surface area contributed by atoms with Crippen LogP contribution in [0.15, 0.2) is 67.3 Å². The van der Waals surface area contributed by atoms with E-state index in [1.54, 1.807) is 40.9 Å².